The first-order chi connectivity index (χ1) is 9.30. The second-order valence-corrected chi connectivity index (χ2v) is 6.45. The largest absolute Gasteiger partial charge is 0.377 e. The Bertz CT molecular complexity index is 347. The zero-order chi connectivity index (χ0) is 13.6. The molecule has 1 N–H and O–H groups in total. The van der Waals surface area contributed by atoms with Crippen LogP contribution >= 0.6 is 11.3 Å². The van der Waals surface area contributed by atoms with E-state index in [0.717, 1.165) is 19.4 Å². The molecule has 4 heteroatoms. The van der Waals surface area contributed by atoms with Crippen LogP contribution < -0.4 is 5.32 Å². The Balaban J connectivity index is 2.09. The van der Waals surface area contributed by atoms with Crippen molar-refractivity contribution in [2.24, 2.45) is 0 Å². The van der Waals surface area contributed by atoms with Crippen molar-refractivity contribution in [3.05, 3.63) is 16.6 Å². The maximum Gasteiger partial charge on any atom is 0.0941 e. The van der Waals surface area contributed by atoms with Gasteiger partial charge < -0.3 is 10.1 Å². The lowest BCUT2D eigenvalue weighted by Gasteiger charge is -2.42. The van der Waals surface area contributed by atoms with E-state index in [0.29, 0.717) is 6.04 Å². The molecule has 0 spiro atoms. The Morgan fingerprint density at radius 1 is 1.42 bits per heavy atom. The van der Waals surface area contributed by atoms with Crippen LogP contribution in [0.15, 0.2) is 11.6 Å². The van der Waals surface area contributed by atoms with Crippen molar-refractivity contribution < 1.29 is 4.74 Å². The minimum atomic E-state index is 0.0130. The normalized spacial score (nSPS) is 20.3. The predicted octanol–water partition coefficient (Wildman–Crippen LogP) is 3.40. The number of ether oxygens (including phenoxy) is 1. The molecule has 1 fully saturated rings. The fourth-order valence-electron chi connectivity index (χ4n) is 3.14. The van der Waals surface area contributed by atoms with Gasteiger partial charge in [-0.25, -0.2) is 4.98 Å². The van der Waals surface area contributed by atoms with E-state index in [1.165, 1.54) is 37.1 Å². The molecule has 1 aliphatic carbocycles. The van der Waals surface area contributed by atoms with E-state index in [1.807, 2.05) is 13.3 Å². The van der Waals surface area contributed by atoms with E-state index < -0.39 is 0 Å². The Hall–Kier alpha value is -0.450. The standard InChI is InChI=1S/C15H26N2OS/c1-3-9-16-13(12-14-17-10-11-19-14)15(18-2)7-5-4-6-8-15/h10-11,13,16H,3-9,12H2,1-2H3. The molecular weight excluding hydrogens is 256 g/mol. The summed E-state index contributed by atoms with van der Waals surface area (Å²) in [7, 11) is 1.88. The van der Waals surface area contributed by atoms with Crippen molar-refractivity contribution in [2.75, 3.05) is 13.7 Å². The SMILES string of the molecule is CCCNC(Cc1nccs1)C1(OC)CCCCC1. The number of hydrogen-bond acceptors (Lipinski definition) is 4. The van der Waals surface area contributed by atoms with Crippen LogP contribution in [-0.4, -0.2) is 30.3 Å². The highest BCUT2D eigenvalue weighted by molar-refractivity contribution is 7.09. The predicted molar refractivity (Wildman–Crippen MR) is 80.7 cm³/mol. The third kappa shape index (κ3) is 3.77. The third-order valence-corrected chi connectivity index (χ3v) is 5.05. The highest BCUT2D eigenvalue weighted by Crippen LogP contribution is 2.35. The Labute approximate surface area is 120 Å². The number of nitrogens with one attached hydrogen (secondary N) is 1. The minimum absolute atomic E-state index is 0.0130. The van der Waals surface area contributed by atoms with Gasteiger partial charge in [0, 0.05) is 31.1 Å². The summed E-state index contributed by atoms with van der Waals surface area (Å²) in [5.41, 5.74) is 0.0130. The van der Waals surface area contributed by atoms with E-state index in [9.17, 15) is 0 Å². The lowest BCUT2D eigenvalue weighted by atomic mass is 9.78. The molecule has 1 aromatic rings. The Kier molecular flexibility index (Phi) is 5.79. The highest BCUT2D eigenvalue weighted by atomic mass is 32.1. The number of nitrogens with zero attached hydrogens (tertiary/aromatic N) is 1. The third-order valence-electron chi connectivity index (χ3n) is 4.24. The molecule has 3 nitrogen and oxygen atoms in total. The maximum atomic E-state index is 6.00. The highest BCUT2D eigenvalue weighted by Gasteiger charge is 2.40. The van der Waals surface area contributed by atoms with Crippen LogP contribution in [0.25, 0.3) is 0 Å². The first kappa shape index (κ1) is 14.9. The Morgan fingerprint density at radius 3 is 2.79 bits per heavy atom. The molecule has 1 atom stereocenters. The maximum absolute atomic E-state index is 6.00. The number of aromatic nitrogens is 1. The molecule has 1 heterocycles. The zero-order valence-electron chi connectivity index (χ0n) is 12.2. The monoisotopic (exact) mass is 282 g/mol. The molecule has 0 radical (unpaired) electrons. The number of hydrogen-bond donors (Lipinski definition) is 1. The van der Waals surface area contributed by atoms with Gasteiger partial charge in [0.2, 0.25) is 0 Å². The van der Waals surface area contributed by atoms with E-state index >= 15 is 0 Å². The smallest absolute Gasteiger partial charge is 0.0941 e. The fraction of sp³-hybridized carbons (Fsp3) is 0.800. The second-order valence-electron chi connectivity index (χ2n) is 5.47. The van der Waals surface area contributed by atoms with Crippen LogP contribution in [0, 0.1) is 0 Å². The summed E-state index contributed by atoms with van der Waals surface area (Å²) in [5.74, 6) is 0. The summed E-state index contributed by atoms with van der Waals surface area (Å²) >= 11 is 1.75. The lowest BCUT2D eigenvalue weighted by Crippen LogP contribution is -2.54. The molecule has 1 aromatic heterocycles. The van der Waals surface area contributed by atoms with Crippen molar-refractivity contribution in [1.29, 1.82) is 0 Å². The molecule has 108 valence electrons. The van der Waals surface area contributed by atoms with Crippen LogP contribution in [-0.2, 0) is 11.2 Å². The van der Waals surface area contributed by atoms with Crippen LogP contribution in [0.1, 0.15) is 50.5 Å². The molecule has 0 saturated heterocycles. The minimum Gasteiger partial charge on any atom is -0.377 e. The van der Waals surface area contributed by atoms with Crippen molar-refractivity contribution >= 4 is 11.3 Å². The molecule has 1 saturated carbocycles. The van der Waals surface area contributed by atoms with Crippen LogP contribution in [0.3, 0.4) is 0 Å². The van der Waals surface area contributed by atoms with Crippen molar-refractivity contribution in [2.45, 2.75) is 63.5 Å². The number of thiazole rings is 1. The number of rotatable bonds is 7. The molecule has 19 heavy (non-hydrogen) atoms. The summed E-state index contributed by atoms with van der Waals surface area (Å²) in [6, 6.07) is 0.392. The summed E-state index contributed by atoms with van der Waals surface area (Å²) in [4.78, 5) is 4.45. The quantitative estimate of drug-likeness (QED) is 0.832. The van der Waals surface area contributed by atoms with Gasteiger partial charge in [-0.2, -0.15) is 0 Å². The molecule has 0 aromatic carbocycles. The Morgan fingerprint density at radius 2 is 2.21 bits per heavy atom. The summed E-state index contributed by atoms with van der Waals surface area (Å²) < 4.78 is 6.00. The van der Waals surface area contributed by atoms with Gasteiger partial charge in [-0.15, -0.1) is 11.3 Å². The molecule has 2 rings (SSSR count). The molecule has 1 aliphatic rings. The molecular formula is C15H26N2OS. The van der Waals surface area contributed by atoms with E-state index in [4.69, 9.17) is 4.74 Å². The fourth-order valence-corrected chi connectivity index (χ4v) is 3.80. The van der Waals surface area contributed by atoms with Crippen molar-refractivity contribution in [3.8, 4) is 0 Å². The van der Waals surface area contributed by atoms with Gasteiger partial charge in [-0.1, -0.05) is 26.2 Å². The summed E-state index contributed by atoms with van der Waals surface area (Å²) in [6.07, 6.45) is 10.3. The molecule has 0 aliphatic heterocycles. The molecule has 0 amide bonds. The van der Waals surface area contributed by atoms with Crippen LogP contribution in [0.5, 0.6) is 0 Å². The van der Waals surface area contributed by atoms with Crippen molar-refractivity contribution in [3.63, 3.8) is 0 Å². The average Bonchev–Trinajstić information content (AvgIpc) is 2.97. The average molecular weight is 282 g/mol. The van der Waals surface area contributed by atoms with E-state index in [1.54, 1.807) is 11.3 Å². The van der Waals surface area contributed by atoms with Gasteiger partial charge in [0.15, 0.2) is 0 Å². The van der Waals surface area contributed by atoms with Crippen LogP contribution in [0.4, 0.5) is 0 Å². The van der Waals surface area contributed by atoms with Gasteiger partial charge in [0.25, 0.3) is 0 Å². The second kappa shape index (κ2) is 7.36. The number of methoxy groups -OCH3 is 1. The molecule has 0 bridgehead atoms. The molecule has 1 unspecified atom stereocenters. The van der Waals surface area contributed by atoms with Gasteiger partial charge in [-0.05, 0) is 25.8 Å². The van der Waals surface area contributed by atoms with Gasteiger partial charge in [0.05, 0.1) is 10.6 Å². The zero-order valence-corrected chi connectivity index (χ0v) is 13.0. The van der Waals surface area contributed by atoms with Crippen LogP contribution in [0.2, 0.25) is 0 Å². The van der Waals surface area contributed by atoms with Gasteiger partial charge in [-0.3, -0.25) is 0 Å². The van der Waals surface area contributed by atoms with Gasteiger partial charge >= 0.3 is 0 Å². The van der Waals surface area contributed by atoms with E-state index in [-0.39, 0.29) is 5.60 Å². The first-order valence-electron chi connectivity index (χ1n) is 7.47. The van der Waals surface area contributed by atoms with E-state index in [2.05, 4.69) is 22.6 Å². The van der Waals surface area contributed by atoms with Gasteiger partial charge in [0.1, 0.15) is 0 Å². The topological polar surface area (TPSA) is 34.2 Å². The van der Waals surface area contributed by atoms with Crippen molar-refractivity contribution in [1.82, 2.24) is 10.3 Å². The lowest BCUT2D eigenvalue weighted by molar-refractivity contribution is -0.0672. The first-order valence-corrected chi connectivity index (χ1v) is 8.35. The summed E-state index contributed by atoms with van der Waals surface area (Å²) in [5, 5.41) is 6.99. The summed E-state index contributed by atoms with van der Waals surface area (Å²) in [6.45, 7) is 3.27.